The van der Waals surface area contributed by atoms with Gasteiger partial charge in [0.1, 0.15) is 4.99 Å². The first-order valence-electron chi connectivity index (χ1n) is 4.94. The standard InChI is InChI=1S/C12H10ClN3S/c13-9-4-1-5-10(11(9)12(14)17)16-8-3-2-6-15-7-8/h1-7,16H,(H2,14,17). The molecule has 0 radical (unpaired) electrons. The van der Waals surface area contributed by atoms with Crippen LogP contribution in [0.2, 0.25) is 5.02 Å². The Morgan fingerprint density at radius 2 is 2.12 bits per heavy atom. The first-order valence-corrected chi connectivity index (χ1v) is 5.72. The zero-order valence-electron chi connectivity index (χ0n) is 8.85. The summed E-state index contributed by atoms with van der Waals surface area (Å²) in [6.45, 7) is 0. The van der Waals surface area contributed by atoms with Gasteiger partial charge in [-0.25, -0.2) is 0 Å². The zero-order chi connectivity index (χ0) is 12.3. The minimum absolute atomic E-state index is 0.266. The van der Waals surface area contributed by atoms with Gasteiger partial charge < -0.3 is 11.1 Å². The third kappa shape index (κ3) is 2.72. The highest BCUT2D eigenvalue weighted by molar-refractivity contribution is 7.80. The van der Waals surface area contributed by atoms with Crippen LogP contribution in [0.5, 0.6) is 0 Å². The van der Waals surface area contributed by atoms with Gasteiger partial charge >= 0.3 is 0 Å². The predicted octanol–water partition coefficient (Wildman–Crippen LogP) is 3.11. The smallest absolute Gasteiger partial charge is 0.107 e. The van der Waals surface area contributed by atoms with Crippen molar-refractivity contribution in [3.05, 3.63) is 53.3 Å². The third-order valence-electron chi connectivity index (χ3n) is 2.20. The average Bonchev–Trinajstić information content (AvgIpc) is 2.30. The molecular formula is C12H10ClN3S. The number of nitrogens with zero attached hydrogens (tertiary/aromatic N) is 1. The molecule has 2 rings (SSSR count). The van der Waals surface area contributed by atoms with Crippen molar-refractivity contribution in [3.8, 4) is 0 Å². The molecule has 3 nitrogen and oxygen atoms in total. The monoisotopic (exact) mass is 263 g/mol. The van der Waals surface area contributed by atoms with Gasteiger partial charge in [0, 0.05) is 6.20 Å². The van der Waals surface area contributed by atoms with Crippen molar-refractivity contribution < 1.29 is 0 Å². The molecule has 1 heterocycles. The van der Waals surface area contributed by atoms with E-state index in [9.17, 15) is 0 Å². The molecule has 0 bridgehead atoms. The second-order valence-electron chi connectivity index (χ2n) is 3.39. The van der Waals surface area contributed by atoms with E-state index in [0.29, 0.717) is 10.6 Å². The van der Waals surface area contributed by atoms with Gasteiger partial charge in [0.2, 0.25) is 0 Å². The van der Waals surface area contributed by atoms with Gasteiger partial charge in [-0.05, 0) is 24.3 Å². The van der Waals surface area contributed by atoms with Gasteiger partial charge in [-0.3, -0.25) is 4.98 Å². The van der Waals surface area contributed by atoms with Gasteiger partial charge in [0.15, 0.2) is 0 Å². The van der Waals surface area contributed by atoms with Crippen molar-refractivity contribution in [3.63, 3.8) is 0 Å². The second kappa shape index (κ2) is 5.12. The molecule has 0 amide bonds. The van der Waals surface area contributed by atoms with Crippen LogP contribution in [0, 0.1) is 0 Å². The van der Waals surface area contributed by atoms with E-state index in [4.69, 9.17) is 29.6 Å². The Bertz CT molecular complexity index is 543. The summed E-state index contributed by atoms with van der Waals surface area (Å²) in [5.41, 5.74) is 7.94. The fourth-order valence-electron chi connectivity index (χ4n) is 1.47. The van der Waals surface area contributed by atoms with Crippen LogP contribution >= 0.6 is 23.8 Å². The molecular weight excluding hydrogens is 254 g/mol. The number of hydrogen-bond donors (Lipinski definition) is 2. The summed E-state index contributed by atoms with van der Waals surface area (Å²) >= 11 is 11.1. The van der Waals surface area contributed by atoms with Crippen LogP contribution in [0.4, 0.5) is 11.4 Å². The molecule has 86 valence electrons. The quantitative estimate of drug-likeness (QED) is 0.836. The summed E-state index contributed by atoms with van der Waals surface area (Å²) < 4.78 is 0. The normalized spacial score (nSPS) is 9.94. The number of halogens is 1. The lowest BCUT2D eigenvalue weighted by Crippen LogP contribution is -2.12. The van der Waals surface area contributed by atoms with E-state index in [-0.39, 0.29) is 4.99 Å². The Morgan fingerprint density at radius 1 is 1.29 bits per heavy atom. The number of nitrogens with two attached hydrogens (primary N) is 1. The van der Waals surface area contributed by atoms with Crippen molar-refractivity contribution >= 4 is 40.2 Å². The number of aromatic nitrogens is 1. The Labute approximate surface area is 110 Å². The molecule has 0 unspecified atom stereocenters. The van der Waals surface area contributed by atoms with Crippen LogP contribution in [-0.2, 0) is 0 Å². The largest absolute Gasteiger partial charge is 0.389 e. The van der Waals surface area contributed by atoms with Gasteiger partial charge in [0.05, 0.1) is 28.2 Å². The molecule has 0 atom stereocenters. The fourth-order valence-corrected chi connectivity index (χ4v) is 2.02. The first-order chi connectivity index (χ1) is 8.18. The Kier molecular flexibility index (Phi) is 3.56. The average molecular weight is 264 g/mol. The SMILES string of the molecule is NC(=S)c1c(Cl)cccc1Nc1cccnc1. The minimum atomic E-state index is 0.266. The van der Waals surface area contributed by atoms with Crippen LogP contribution < -0.4 is 11.1 Å². The number of hydrogen-bond acceptors (Lipinski definition) is 3. The Morgan fingerprint density at radius 3 is 2.76 bits per heavy atom. The highest BCUT2D eigenvalue weighted by Gasteiger charge is 2.09. The number of rotatable bonds is 3. The lowest BCUT2D eigenvalue weighted by Gasteiger charge is -2.12. The maximum atomic E-state index is 6.07. The molecule has 1 aromatic carbocycles. The summed E-state index contributed by atoms with van der Waals surface area (Å²) in [5, 5.41) is 3.71. The number of pyridine rings is 1. The van der Waals surface area contributed by atoms with Crippen molar-refractivity contribution in [1.82, 2.24) is 4.98 Å². The van der Waals surface area contributed by atoms with E-state index in [1.165, 1.54) is 0 Å². The molecule has 0 aliphatic heterocycles. The number of nitrogens with one attached hydrogen (secondary N) is 1. The second-order valence-corrected chi connectivity index (χ2v) is 4.24. The highest BCUT2D eigenvalue weighted by Crippen LogP contribution is 2.26. The lowest BCUT2D eigenvalue weighted by molar-refractivity contribution is 1.32. The van der Waals surface area contributed by atoms with Crippen LogP contribution in [0.15, 0.2) is 42.7 Å². The van der Waals surface area contributed by atoms with Crippen molar-refractivity contribution in [2.75, 3.05) is 5.32 Å². The molecule has 5 heteroatoms. The molecule has 0 spiro atoms. The van der Waals surface area contributed by atoms with E-state index in [1.54, 1.807) is 18.5 Å². The van der Waals surface area contributed by atoms with Gasteiger partial charge in [-0.2, -0.15) is 0 Å². The Hall–Kier alpha value is -1.65. The van der Waals surface area contributed by atoms with Gasteiger partial charge in [-0.1, -0.05) is 29.9 Å². The molecule has 0 aliphatic carbocycles. The highest BCUT2D eigenvalue weighted by atomic mass is 35.5. The van der Waals surface area contributed by atoms with Crippen LogP contribution in [0.1, 0.15) is 5.56 Å². The molecule has 1 aromatic heterocycles. The minimum Gasteiger partial charge on any atom is -0.389 e. The zero-order valence-corrected chi connectivity index (χ0v) is 10.4. The molecule has 0 fully saturated rings. The van der Waals surface area contributed by atoms with Crippen LogP contribution in [0.3, 0.4) is 0 Å². The summed E-state index contributed by atoms with van der Waals surface area (Å²) in [6, 6.07) is 9.20. The summed E-state index contributed by atoms with van der Waals surface area (Å²) in [7, 11) is 0. The van der Waals surface area contributed by atoms with E-state index < -0.39 is 0 Å². The van der Waals surface area contributed by atoms with Gasteiger partial charge in [0.25, 0.3) is 0 Å². The topological polar surface area (TPSA) is 50.9 Å². The van der Waals surface area contributed by atoms with E-state index in [0.717, 1.165) is 11.4 Å². The number of benzene rings is 1. The van der Waals surface area contributed by atoms with E-state index in [2.05, 4.69) is 10.3 Å². The lowest BCUT2D eigenvalue weighted by atomic mass is 10.1. The predicted molar refractivity (Wildman–Crippen MR) is 74.9 cm³/mol. The Balaban J connectivity index is 2.40. The van der Waals surface area contributed by atoms with Crippen molar-refractivity contribution in [2.24, 2.45) is 5.73 Å². The van der Waals surface area contributed by atoms with Crippen LogP contribution in [0.25, 0.3) is 0 Å². The first kappa shape index (κ1) is 11.8. The molecule has 0 saturated heterocycles. The molecule has 2 aromatic rings. The maximum absolute atomic E-state index is 6.07. The molecule has 0 aliphatic rings. The van der Waals surface area contributed by atoms with Gasteiger partial charge in [-0.15, -0.1) is 0 Å². The number of anilines is 2. The summed E-state index contributed by atoms with van der Waals surface area (Å²) in [5.74, 6) is 0. The van der Waals surface area contributed by atoms with Crippen molar-refractivity contribution in [2.45, 2.75) is 0 Å². The summed E-state index contributed by atoms with van der Waals surface area (Å²) in [6.07, 6.45) is 3.42. The molecule has 0 saturated carbocycles. The third-order valence-corrected chi connectivity index (χ3v) is 2.72. The van der Waals surface area contributed by atoms with Crippen molar-refractivity contribution in [1.29, 1.82) is 0 Å². The summed E-state index contributed by atoms with van der Waals surface area (Å²) in [4.78, 5) is 4.28. The van der Waals surface area contributed by atoms with E-state index >= 15 is 0 Å². The fraction of sp³-hybridized carbons (Fsp3) is 0. The van der Waals surface area contributed by atoms with Crippen LogP contribution in [-0.4, -0.2) is 9.97 Å². The maximum Gasteiger partial charge on any atom is 0.107 e. The van der Waals surface area contributed by atoms with E-state index in [1.807, 2.05) is 24.3 Å². The molecule has 3 N–H and O–H groups in total. The molecule has 17 heavy (non-hydrogen) atoms. The number of thiocarbonyl (C=S) groups is 1.